The van der Waals surface area contributed by atoms with Crippen LogP contribution in [0.5, 0.6) is 0 Å². The summed E-state index contributed by atoms with van der Waals surface area (Å²) in [5, 5.41) is 96.4. The lowest BCUT2D eigenvalue weighted by molar-refractivity contribution is -0.274. The summed E-state index contributed by atoms with van der Waals surface area (Å²) in [6, 6.07) is 17.5. The Balaban J connectivity index is 1.10. The van der Waals surface area contributed by atoms with Gasteiger partial charge in [-0.25, -0.2) is 0 Å². The second kappa shape index (κ2) is 18.6. The number of nitrogens with zero attached hydrogens (tertiary/aromatic N) is 2. The first kappa shape index (κ1) is 48.7. The Morgan fingerprint density at radius 1 is 0.776 bits per heavy atom. The molecule has 0 unspecified atom stereocenters. The largest absolute Gasteiger partial charge is 0.394 e. The zero-order valence-electron chi connectivity index (χ0n) is 36.6. The average Bonchev–Trinajstić information content (AvgIpc) is 3.72. The molecule has 3 aromatic rings. The minimum Gasteiger partial charge on any atom is -0.394 e. The highest BCUT2D eigenvalue weighted by Crippen LogP contribution is 2.61. The topological polar surface area (TPSA) is 309 Å². The maximum Gasteiger partial charge on any atom is 0.264 e. The Hall–Kier alpha value is -4.79. The van der Waals surface area contributed by atoms with Crippen LogP contribution in [-0.4, -0.2) is 163 Å². The van der Waals surface area contributed by atoms with E-state index >= 15 is 8.90 Å². The number of hydrogen-bond donors (Lipinski definition) is 11. The third-order valence-corrected chi connectivity index (χ3v) is 16.2. The number of anilines is 3. The van der Waals surface area contributed by atoms with E-state index in [1.54, 1.807) is 24.0 Å². The summed E-state index contributed by atoms with van der Waals surface area (Å²) in [5.74, 6) is -3.87. The number of aliphatic hydroxyl groups excluding tert-OH is 9. The van der Waals surface area contributed by atoms with E-state index in [0.29, 0.717) is 17.7 Å². The highest BCUT2D eigenvalue weighted by molar-refractivity contribution is 6.72. The molecule has 3 fully saturated rings. The molecular weight excluding hydrogens is 900 g/mol. The molecule has 3 aromatic carbocycles. The standard InChI is InChI=1S/C45H55FN4O16Si/c1-20-39(67(2,3)46)29(16-30(52)49-18-23-7-5-4-6-22(23)14-26(49)19-51)66-45(20)27-15-25(48-41(60)38-34(56)32(54)36(58)43(62)65-38)12-13-28(27)50(44(45)63)17-21-8-10-24(11-9-21)47-40(59)37-33(55)31(53)35(57)42(61)64-37/h4-13,15,20,26,29,31-39,42-43,51,53-58,61-62H,14,16-19H2,1-3H3,(H,47,59)(H,48,60)/t20-,26+,29+,31+,32+,33+,34+,35-,36-,37+,38+,39-,42-,43-,45+/m1/s1. The van der Waals surface area contributed by atoms with Crippen molar-refractivity contribution in [1.82, 2.24) is 4.90 Å². The fourth-order valence-electron chi connectivity index (χ4n) is 10.3. The smallest absolute Gasteiger partial charge is 0.264 e. The Morgan fingerprint density at radius 3 is 1.90 bits per heavy atom. The molecule has 20 nitrogen and oxygen atoms in total. The normalized spacial score (nSPS) is 35.0. The molecule has 1 spiro atoms. The van der Waals surface area contributed by atoms with Gasteiger partial charge in [0.1, 0.15) is 36.6 Å². The molecule has 5 aliphatic heterocycles. The van der Waals surface area contributed by atoms with Crippen LogP contribution in [0, 0.1) is 5.92 Å². The van der Waals surface area contributed by atoms with Gasteiger partial charge in [-0.15, -0.1) is 0 Å². The molecule has 0 aromatic heterocycles. The number of fused-ring (bicyclic) bond motifs is 3. The molecule has 0 radical (unpaired) electrons. The number of halogens is 1. The van der Waals surface area contributed by atoms with Gasteiger partial charge in [-0.05, 0) is 66.5 Å². The summed E-state index contributed by atoms with van der Waals surface area (Å²) in [5.41, 5.74) is 0.314. The van der Waals surface area contributed by atoms with Crippen molar-refractivity contribution in [3.63, 3.8) is 0 Å². The molecule has 4 amide bonds. The number of nitrogens with one attached hydrogen (secondary N) is 2. The predicted octanol–water partition coefficient (Wildman–Crippen LogP) is -1.18. The van der Waals surface area contributed by atoms with Crippen molar-refractivity contribution in [2.24, 2.45) is 5.92 Å². The molecule has 15 atom stereocenters. The summed E-state index contributed by atoms with van der Waals surface area (Å²) >= 11 is 0. The Morgan fingerprint density at radius 2 is 1.33 bits per heavy atom. The lowest BCUT2D eigenvalue weighted by atomic mass is 9.82. The first-order valence-electron chi connectivity index (χ1n) is 21.9. The summed E-state index contributed by atoms with van der Waals surface area (Å²) in [7, 11) is -3.82. The Labute approximate surface area is 384 Å². The maximum atomic E-state index is 16.8. The van der Waals surface area contributed by atoms with Crippen molar-refractivity contribution in [1.29, 1.82) is 0 Å². The van der Waals surface area contributed by atoms with Gasteiger partial charge in [0.2, 0.25) is 14.3 Å². The molecule has 5 heterocycles. The first-order valence-corrected chi connectivity index (χ1v) is 24.9. The van der Waals surface area contributed by atoms with Crippen molar-refractivity contribution in [3.05, 3.63) is 89.0 Å². The van der Waals surface area contributed by atoms with Crippen LogP contribution in [0.15, 0.2) is 66.7 Å². The highest BCUT2D eigenvalue weighted by Gasteiger charge is 2.67. The molecule has 0 saturated carbocycles. The fourth-order valence-corrected chi connectivity index (χ4v) is 12.8. The van der Waals surface area contributed by atoms with E-state index in [1.165, 1.54) is 48.3 Å². The van der Waals surface area contributed by atoms with E-state index in [2.05, 4.69) is 10.6 Å². The van der Waals surface area contributed by atoms with Gasteiger partial charge in [0.05, 0.1) is 37.4 Å². The van der Waals surface area contributed by atoms with Crippen molar-refractivity contribution in [2.45, 2.75) is 131 Å². The van der Waals surface area contributed by atoms with Crippen LogP contribution in [0.25, 0.3) is 0 Å². The minimum atomic E-state index is -3.82. The van der Waals surface area contributed by atoms with Gasteiger partial charge >= 0.3 is 0 Å². The number of rotatable bonds is 10. The second-order valence-corrected chi connectivity index (χ2v) is 22.2. The molecule has 0 aliphatic carbocycles. The third kappa shape index (κ3) is 8.79. The molecule has 3 saturated heterocycles. The number of aliphatic hydroxyl groups is 9. The second-order valence-electron chi connectivity index (χ2n) is 18.4. The Bertz CT molecular complexity index is 2380. The van der Waals surface area contributed by atoms with E-state index < -0.39 is 123 Å². The van der Waals surface area contributed by atoms with E-state index in [-0.39, 0.29) is 43.1 Å². The van der Waals surface area contributed by atoms with Gasteiger partial charge in [0.15, 0.2) is 30.4 Å². The van der Waals surface area contributed by atoms with Crippen molar-refractivity contribution in [2.75, 3.05) is 22.1 Å². The zero-order chi connectivity index (χ0) is 48.4. The summed E-state index contributed by atoms with van der Waals surface area (Å²) in [6.45, 7) is 4.40. The van der Waals surface area contributed by atoms with Gasteiger partial charge in [-0.1, -0.05) is 43.3 Å². The molecule has 22 heteroatoms. The maximum absolute atomic E-state index is 16.8. The van der Waals surface area contributed by atoms with Crippen LogP contribution in [0.4, 0.5) is 21.2 Å². The highest BCUT2D eigenvalue weighted by atomic mass is 28.4. The molecule has 0 bridgehead atoms. The molecular formula is C45H55FN4O16Si. The average molecular weight is 955 g/mol. The molecule has 362 valence electrons. The number of benzene rings is 3. The Kier molecular flexibility index (Phi) is 13.5. The lowest BCUT2D eigenvalue weighted by Gasteiger charge is -2.37. The first-order chi connectivity index (χ1) is 31.7. The van der Waals surface area contributed by atoms with Crippen LogP contribution in [0.3, 0.4) is 0 Å². The summed E-state index contributed by atoms with van der Waals surface area (Å²) in [4.78, 5) is 59.1. The van der Waals surface area contributed by atoms with Gasteiger partial charge in [0.25, 0.3) is 17.7 Å². The summed E-state index contributed by atoms with van der Waals surface area (Å²) in [6.07, 6.45) is -19.9. The van der Waals surface area contributed by atoms with E-state index in [0.717, 1.165) is 11.1 Å². The van der Waals surface area contributed by atoms with Gasteiger partial charge in [-0.3, -0.25) is 19.2 Å². The number of hydrogen-bond acceptors (Lipinski definition) is 16. The van der Waals surface area contributed by atoms with Crippen LogP contribution in [0.1, 0.15) is 35.6 Å². The minimum absolute atomic E-state index is 0.0479. The van der Waals surface area contributed by atoms with E-state index in [9.17, 15) is 60.3 Å². The van der Waals surface area contributed by atoms with Crippen molar-refractivity contribution in [3.8, 4) is 0 Å². The van der Waals surface area contributed by atoms with E-state index in [4.69, 9.17) is 14.2 Å². The fraction of sp³-hybridized carbons (Fsp3) is 0.511. The third-order valence-electron chi connectivity index (χ3n) is 13.7. The van der Waals surface area contributed by atoms with Crippen LogP contribution in [0.2, 0.25) is 18.6 Å². The number of amides is 4. The van der Waals surface area contributed by atoms with Crippen LogP contribution < -0.4 is 15.5 Å². The van der Waals surface area contributed by atoms with Gasteiger partial charge in [0, 0.05) is 34.9 Å². The number of carbonyl (C=O) groups is 4. The zero-order valence-corrected chi connectivity index (χ0v) is 37.6. The van der Waals surface area contributed by atoms with Crippen molar-refractivity contribution >= 4 is 49.1 Å². The van der Waals surface area contributed by atoms with Crippen molar-refractivity contribution < 1.29 is 83.5 Å². The van der Waals surface area contributed by atoms with Gasteiger partial charge in [-0.2, -0.15) is 0 Å². The summed E-state index contributed by atoms with van der Waals surface area (Å²) < 4.78 is 33.8. The van der Waals surface area contributed by atoms with Gasteiger partial charge < -0.3 is 84.7 Å². The molecule has 8 rings (SSSR count). The molecule has 67 heavy (non-hydrogen) atoms. The molecule has 5 aliphatic rings. The van der Waals surface area contributed by atoms with Crippen LogP contribution in [-0.2, 0) is 58.5 Å². The number of ether oxygens (including phenoxy) is 3. The van der Waals surface area contributed by atoms with Crippen LogP contribution >= 0.6 is 0 Å². The monoisotopic (exact) mass is 954 g/mol. The number of carbonyl (C=O) groups excluding carboxylic acids is 4. The quantitative estimate of drug-likeness (QED) is 0.0842. The predicted molar refractivity (Wildman–Crippen MR) is 233 cm³/mol. The molecule has 11 N–H and O–H groups in total. The van der Waals surface area contributed by atoms with E-state index in [1.807, 2.05) is 24.3 Å². The lowest BCUT2D eigenvalue weighted by Crippen LogP contribution is -2.60. The SMILES string of the molecule is C[C@@H]1[C@@H]([Si](C)(C)F)[C@H](CC(=O)N2Cc3ccccc3C[C@H]2CO)O[C@@]12C(=O)N(Cc1ccc(NC(=O)[C@H]3O[C@@H](O)[C@H](O)[C@@H](O)[C@@H]3O)cc1)c1ccc(NC(=O)[C@H]3O[C@@H](O)[C@H](O)[C@@H](O)[C@@H]3O)cc12.